The molecule has 0 aliphatic carbocycles. The Bertz CT molecular complexity index is 485. The molecule has 2 aromatic rings. The van der Waals surface area contributed by atoms with Crippen molar-refractivity contribution in [2.45, 2.75) is 24.3 Å². The molecule has 4 heteroatoms. The number of hydrogen-bond acceptors (Lipinski definition) is 3. The molecule has 0 fully saturated rings. The van der Waals surface area contributed by atoms with E-state index in [-0.39, 0.29) is 0 Å². The molecule has 0 aliphatic rings. The number of thioether (sulfide) groups is 1. The van der Waals surface area contributed by atoms with Crippen LogP contribution < -0.4 is 5.32 Å². The lowest BCUT2D eigenvalue weighted by Gasteiger charge is -2.16. The Morgan fingerprint density at radius 3 is 2.89 bits per heavy atom. The molecule has 0 saturated carbocycles. The molecule has 1 nitrogen and oxygen atoms in total. The van der Waals surface area contributed by atoms with Crippen molar-refractivity contribution < 1.29 is 0 Å². The fourth-order valence-electron chi connectivity index (χ4n) is 1.79. The number of thiophene rings is 1. The smallest absolute Gasteiger partial charge is 0.0510 e. The van der Waals surface area contributed by atoms with Crippen LogP contribution in [0.4, 0.5) is 0 Å². The standard InChI is InChI=1S/C15H18ClNS2/c1-2-8-17-14(15-7-4-9-18-15)11-19-13-6-3-5-12(16)10-13/h3-7,9-10,14,17H,2,8,11H2,1H3. The van der Waals surface area contributed by atoms with Gasteiger partial charge in [0.05, 0.1) is 6.04 Å². The minimum Gasteiger partial charge on any atom is -0.309 e. The minimum atomic E-state index is 0.420. The van der Waals surface area contributed by atoms with Gasteiger partial charge in [-0.3, -0.25) is 0 Å². The fourth-order valence-corrected chi connectivity index (χ4v) is 3.99. The van der Waals surface area contributed by atoms with Crippen LogP contribution in [-0.2, 0) is 0 Å². The van der Waals surface area contributed by atoms with Gasteiger partial charge in [-0.2, -0.15) is 0 Å². The van der Waals surface area contributed by atoms with E-state index in [1.807, 2.05) is 41.3 Å². The average molecular weight is 312 g/mol. The van der Waals surface area contributed by atoms with Crippen molar-refractivity contribution in [2.75, 3.05) is 12.3 Å². The van der Waals surface area contributed by atoms with Crippen molar-refractivity contribution in [3.63, 3.8) is 0 Å². The Kier molecular flexibility index (Phi) is 6.24. The van der Waals surface area contributed by atoms with Crippen LogP contribution in [0.25, 0.3) is 0 Å². The Labute approximate surface area is 128 Å². The van der Waals surface area contributed by atoms with Gasteiger partial charge in [-0.25, -0.2) is 0 Å². The first kappa shape index (κ1) is 14.9. The third-order valence-corrected chi connectivity index (χ3v) is 5.05. The highest BCUT2D eigenvalue weighted by Crippen LogP contribution is 2.28. The molecule has 0 spiro atoms. The van der Waals surface area contributed by atoms with E-state index < -0.39 is 0 Å². The molecule has 19 heavy (non-hydrogen) atoms. The minimum absolute atomic E-state index is 0.420. The van der Waals surface area contributed by atoms with Crippen molar-refractivity contribution in [2.24, 2.45) is 0 Å². The van der Waals surface area contributed by atoms with E-state index in [1.54, 1.807) is 0 Å². The van der Waals surface area contributed by atoms with E-state index in [0.717, 1.165) is 23.7 Å². The number of benzene rings is 1. The summed E-state index contributed by atoms with van der Waals surface area (Å²) in [6, 6.07) is 12.8. The van der Waals surface area contributed by atoms with Gasteiger partial charge in [0.15, 0.2) is 0 Å². The number of hydrogen-bond donors (Lipinski definition) is 1. The van der Waals surface area contributed by atoms with Crippen LogP contribution in [-0.4, -0.2) is 12.3 Å². The van der Waals surface area contributed by atoms with Crippen LogP contribution in [0.1, 0.15) is 24.3 Å². The predicted molar refractivity (Wildman–Crippen MR) is 87.5 cm³/mol. The molecular formula is C15H18ClNS2. The summed E-state index contributed by atoms with van der Waals surface area (Å²) in [5.74, 6) is 1.03. The lowest BCUT2D eigenvalue weighted by molar-refractivity contribution is 0.585. The summed E-state index contributed by atoms with van der Waals surface area (Å²) in [5.41, 5.74) is 0. The zero-order valence-corrected chi connectivity index (χ0v) is 13.3. The maximum atomic E-state index is 6.02. The van der Waals surface area contributed by atoms with E-state index in [4.69, 9.17) is 11.6 Å². The van der Waals surface area contributed by atoms with E-state index in [1.165, 1.54) is 9.77 Å². The number of halogens is 1. The van der Waals surface area contributed by atoms with E-state index >= 15 is 0 Å². The summed E-state index contributed by atoms with van der Waals surface area (Å²) >= 11 is 9.69. The van der Waals surface area contributed by atoms with E-state index in [0.29, 0.717) is 6.04 Å². The predicted octanol–water partition coefficient (Wildman–Crippen LogP) is 5.23. The van der Waals surface area contributed by atoms with Gasteiger partial charge >= 0.3 is 0 Å². The second kappa shape index (κ2) is 7.95. The van der Waals surface area contributed by atoms with Gasteiger partial charge < -0.3 is 5.32 Å². The zero-order chi connectivity index (χ0) is 13.5. The lowest BCUT2D eigenvalue weighted by Crippen LogP contribution is -2.23. The van der Waals surface area contributed by atoms with Crippen molar-refractivity contribution in [1.82, 2.24) is 5.32 Å². The Morgan fingerprint density at radius 1 is 1.32 bits per heavy atom. The van der Waals surface area contributed by atoms with Crippen LogP contribution in [0.3, 0.4) is 0 Å². The molecule has 2 rings (SSSR count). The first-order valence-electron chi connectivity index (χ1n) is 6.44. The normalized spacial score (nSPS) is 12.5. The van der Waals surface area contributed by atoms with Gasteiger partial charge in [0.1, 0.15) is 0 Å². The first-order chi connectivity index (χ1) is 9.29. The molecule has 0 aliphatic heterocycles. The van der Waals surface area contributed by atoms with Gasteiger partial charge in [0.2, 0.25) is 0 Å². The summed E-state index contributed by atoms with van der Waals surface area (Å²) in [6.45, 7) is 3.25. The van der Waals surface area contributed by atoms with Gasteiger partial charge in [-0.1, -0.05) is 30.7 Å². The summed E-state index contributed by atoms with van der Waals surface area (Å²) < 4.78 is 0. The van der Waals surface area contributed by atoms with Crippen LogP contribution in [0.5, 0.6) is 0 Å². The molecule has 0 radical (unpaired) electrons. The van der Waals surface area contributed by atoms with Crippen LogP contribution in [0.15, 0.2) is 46.7 Å². The lowest BCUT2D eigenvalue weighted by atomic mass is 10.2. The molecule has 0 bridgehead atoms. The summed E-state index contributed by atoms with van der Waals surface area (Å²) in [6.07, 6.45) is 1.16. The van der Waals surface area contributed by atoms with Crippen molar-refractivity contribution >= 4 is 34.7 Å². The number of rotatable bonds is 7. The Hall–Kier alpha value is -0.480. The molecule has 1 heterocycles. The molecule has 1 aromatic heterocycles. The highest BCUT2D eigenvalue weighted by molar-refractivity contribution is 7.99. The third-order valence-electron chi connectivity index (χ3n) is 2.74. The average Bonchev–Trinajstić information content (AvgIpc) is 2.93. The highest BCUT2D eigenvalue weighted by atomic mass is 35.5. The van der Waals surface area contributed by atoms with Crippen LogP contribution in [0.2, 0.25) is 5.02 Å². The van der Waals surface area contributed by atoms with Crippen molar-refractivity contribution in [3.05, 3.63) is 51.7 Å². The molecule has 0 saturated heterocycles. The highest BCUT2D eigenvalue weighted by Gasteiger charge is 2.12. The van der Waals surface area contributed by atoms with Crippen molar-refractivity contribution in [3.8, 4) is 0 Å². The van der Waals surface area contributed by atoms with Crippen LogP contribution >= 0.6 is 34.7 Å². The van der Waals surface area contributed by atoms with Gasteiger partial charge in [0, 0.05) is 20.5 Å². The molecule has 0 amide bonds. The van der Waals surface area contributed by atoms with E-state index in [2.05, 4.69) is 35.8 Å². The summed E-state index contributed by atoms with van der Waals surface area (Å²) in [4.78, 5) is 2.63. The SMILES string of the molecule is CCCNC(CSc1cccc(Cl)c1)c1cccs1. The quantitative estimate of drug-likeness (QED) is 0.702. The van der Waals surface area contributed by atoms with Crippen LogP contribution in [0, 0.1) is 0 Å². The Balaban J connectivity index is 1.96. The molecular weight excluding hydrogens is 294 g/mol. The zero-order valence-electron chi connectivity index (χ0n) is 10.9. The maximum Gasteiger partial charge on any atom is 0.0510 e. The van der Waals surface area contributed by atoms with Crippen molar-refractivity contribution in [1.29, 1.82) is 0 Å². The Morgan fingerprint density at radius 2 is 2.21 bits per heavy atom. The molecule has 1 atom stereocenters. The monoisotopic (exact) mass is 311 g/mol. The third kappa shape index (κ3) is 4.84. The second-order valence-electron chi connectivity index (χ2n) is 4.29. The fraction of sp³-hybridized carbons (Fsp3) is 0.333. The first-order valence-corrected chi connectivity index (χ1v) is 8.69. The van der Waals surface area contributed by atoms with Gasteiger partial charge in [0.25, 0.3) is 0 Å². The summed E-state index contributed by atoms with van der Waals surface area (Å²) in [7, 11) is 0. The topological polar surface area (TPSA) is 12.0 Å². The largest absolute Gasteiger partial charge is 0.309 e. The molecule has 1 N–H and O–H groups in total. The van der Waals surface area contributed by atoms with Gasteiger partial charge in [-0.15, -0.1) is 23.1 Å². The molecule has 102 valence electrons. The molecule has 1 unspecified atom stereocenters. The van der Waals surface area contributed by atoms with E-state index in [9.17, 15) is 0 Å². The summed E-state index contributed by atoms with van der Waals surface area (Å²) in [5, 5.41) is 6.56. The maximum absolute atomic E-state index is 6.02. The van der Waals surface area contributed by atoms with Gasteiger partial charge in [-0.05, 0) is 42.6 Å². The molecule has 1 aromatic carbocycles. The number of nitrogens with one attached hydrogen (secondary N) is 1. The second-order valence-corrected chi connectivity index (χ2v) is 6.80.